The van der Waals surface area contributed by atoms with E-state index in [1.165, 1.54) is 11.8 Å². The predicted molar refractivity (Wildman–Crippen MR) is 142 cm³/mol. The molecule has 2 amide bonds. The molecule has 0 unspecified atom stereocenters. The molecule has 0 radical (unpaired) electrons. The van der Waals surface area contributed by atoms with Crippen LogP contribution >= 0.6 is 35.0 Å². The summed E-state index contributed by atoms with van der Waals surface area (Å²) < 4.78 is 1.85. The van der Waals surface area contributed by atoms with Crippen molar-refractivity contribution in [2.24, 2.45) is 5.92 Å². The molecule has 0 aliphatic heterocycles. The zero-order valence-corrected chi connectivity index (χ0v) is 22.0. The molecule has 0 spiro atoms. The molecule has 3 rings (SSSR count). The van der Waals surface area contributed by atoms with Gasteiger partial charge < -0.3 is 15.2 Å². The van der Waals surface area contributed by atoms with E-state index in [1.807, 2.05) is 31.4 Å². The van der Waals surface area contributed by atoms with Crippen molar-refractivity contribution >= 4 is 52.5 Å². The number of carbonyl (C=O) groups excluding carboxylic acids is 2. The maximum Gasteiger partial charge on any atom is 0.253 e. The predicted octanol–water partition coefficient (Wildman–Crippen LogP) is 5.94. The lowest BCUT2D eigenvalue weighted by Crippen LogP contribution is -2.34. The third-order valence-corrected chi connectivity index (χ3v) is 6.74. The Balaban J connectivity index is 1.77. The molecule has 184 valence electrons. The first-order valence-corrected chi connectivity index (χ1v) is 12.7. The van der Waals surface area contributed by atoms with Crippen LogP contribution in [0.5, 0.6) is 0 Å². The van der Waals surface area contributed by atoms with Crippen LogP contribution in [0.2, 0.25) is 10.0 Å². The highest BCUT2D eigenvalue weighted by atomic mass is 35.5. The van der Waals surface area contributed by atoms with Gasteiger partial charge in [-0.2, -0.15) is 0 Å². The molecular formula is C25H27Cl2N5O2S. The van der Waals surface area contributed by atoms with Gasteiger partial charge in [-0.1, -0.05) is 73.1 Å². The Morgan fingerprint density at radius 1 is 1.17 bits per heavy atom. The summed E-state index contributed by atoms with van der Waals surface area (Å²) >= 11 is 13.5. The van der Waals surface area contributed by atoms with Gasteiger partial charge >= 0.3 is 0 Å². The molecule has 0 saturated heterocycles. The highest BCUT2D eigenvalue weighted by Gasteiger charge is 2.27. The summed E-state index contributed by atoms with van der Waals surface area (Å²) in [5, 5.41) is 16.0. The van der Waals surface area contributed by atoms with Gasteiger partial charge in [-0.15, -0.1) is 16.8 Å². The maximum absolute atomic E-state index is 12.9. The third kappa shape index (κ3) is 6.87. The second-order valence-electron chi connectivity index (χ2n) is 8.21. The van der Waals surface area contributed by atoms with Crippen LogP contribution in [0.15, 0.2) is 60.3 Å². The Morgan fingerprint density at radius 2 is 1.91 bits per heavy atom. The minimum absolute atomic E-state index is 0.0150. The first kappa shape index (κ1) is 26.8. The molecule has 1 aromatic heterocycles. The molecule has 2 aromatic carbocycles. The van der Waals surface area contributed by atoms with E-state index in [2.05, 4.69) is 27.4 Å². The zero-order valence-electron chi connectivity index (χ0n) is 19.7. The number of hydrogen-bond acceptors (Lipinski definition) is 5. The lowest BCUT2D eigenvalue weighted by Gasteiger charge is -2.23. The fraction of sp³-hybridized carbons (Fsp3) is 0.280. The molecule has 2 N–H and O–H groups in total. The van der Waals surface area contributed by atoms with Crippen molar-refractivity contribution in [3.05, 3.63) is 82.1 Å². The number of halogens is 2. The Hall–Kier alpha value is -2.81. The molecule has 3 aromatic rings. The number of thioether (sulfide) groups is 1. The minimum Gasteiger partial charge on any atom is -0.342 e. The molecule has 1 heterocycles. The number of amides is 2. The normalized spacial score (nSPS) is 11.8. The lowest BCUT2D eigenvalue weighted by atomic mass is 10.0. The summed E-state index contributed by atoms with van der Waals surface area (Å²) in [4.78, 5) is 25.5. The molecule has 0 bridgehead atoms. The van der Waals surface area contributed by atoms with E-state index >= 15 is 0 Å². The molecule has 10 heteroatoms. The number of allylic oxidation sites excluding steroid dienone is 1. The quantitative estimate of drug-likeness (QED) is 0.249. The number of nitrogens with zero attached hydrogens (tertiary/aromatic N) is 3. The number of aryl methyl sites for hydroxylation is 1. The molecule has 0 aliphatic carbocycles. The second-order valence-corrected chi connectivity index (χ2v) is 10.00. The molecule has 0 saturated carbocycles. The van der Waals surface area contributed by atoms with Crippen molar-refractivity contribution in [3.63, 3.8) is 0 Å². The molecule has 35 heavy (non-hydrogen) atoms. The second kappa shape index (κ2) is 12.2. The molecule has 0 aliphatic rings. The standard InChI is InChI=1S/C25H27Cl2N5O2S/c1-5-12-32-23(22(15(2)3)29-24(34)18-8-6-7-9-19(18)27)30-31-25(32)35-14-21(33)28-20-13-17(26)11-10-16(20)4/h5-11,13,15,22H,1,12,14H2,2-4H3,(H,28,33)(H,29,34)/t22-/m1/s1. The van der Waals surface area contributed by atoms with Gasteiger partial charge in [0.25, 0.3) is 5.91 Å². The van der Waals surface area contributed by atoms with Gasteiger partial charge in [-0.3, -0.25) is 9.59 Å². The smallest absolute Gasteiger partial charge is 0.253 e. The van der Waals surface area contributed by atoms with E-state index in [-0.39, 0.29) is 23.5 Å². The monoisotopic (exact) mass is 531 g/mol. The third-order valence-electron chi connectivity index (χ3n) is 5.21. The maximum atomic E-state index is 12.9. The number of rotatable bonds is 10. The van der Waals surface area contributed by atoms with Gasteiger partial charge in [0.1, 0.15) is 0 Å². The molecular weight excluding hydrogens is 505 g/mol. The highest BCUT2D eigenvalue weighted by Crippen LogP contribution is 2.27. The van der Waals surface area contributed by atoms with Crippen molar-refractivity contribution in [3.8, 4) is 0 Å². The van der Waals surface area contributed by atoms with Gasteiger partial charge in [0, 0.05) is 17.3 Å². The first-order chi connectivity index (χ1) is 16.7. The fourth-order valence-corrected chi connectivity index (χ4v) is 4.53. The van der Waals surface area contributed by atoms with Gasteiger partial charge in [0.15, 0.2) is 11.0 Å². The van der Waals surface area contributed by atoms with Crippen LogP contribution in [0.3, 0.4) is 0 Å². The number of hydrogen-bond donors (Lipinski definition) is 2. The summed E-state index contributed by atoms with van der Waals surface area (Å²) in [6, 6.07) is 11.8. The van der Waals surface area contributed by atoms with E-state index in [9.17, 15) is 9.59 Å². The van der Waals surface area contributed by atoms with Gasteiger partial charge in [-0.25, -0.2) is 0 Å². The largest absolute Gasteiger partial charge is 0.342 e. The van der Waals surface area contributed by atoms with E-state index < -0.39 is 6.04 Å². The Bertz CT molecular complexity index is 1230. The van der Waals surface area contributed by atoms with Crippen LogP contribution in [0.1, 0.15) is 41.6 Å². The molecule has 7 nitrogen and oxygen atoms in total. The summed E-state index contributed by atoms with van der Waals surface area (Å²) in [5.74, 6) is 0.227. The molecule has 1 atom stereocenters. The van der Waals surface area contributed by atoms with Crippen LogP contribution in [0.4, 0.5) is 5.69 Å². The van der Waals surface area contributed by atoms with Gasteiger partial charge in [0.05, 0.1) is 22.4 Å². The van der Waals surface area contributed by atoms with Crippen LogP contribution in [0.25, 0.3) is 0 Å². The Labute approximate surface area is 219 Å². The van der Waals surface area contributed by atoms with Crippen molar-refractivity contribution in [2.75, 3.05) is 11.1 Å². The Kier molecular flexibility index (Phi) is 9.37. The fourth-order valence-electron chi connectivity index (χ4n) is 3.38. The summed E-state index contributed by atoms with van der Waals surface area (Å²) in [5.41, 5.74) is 1.97. The minimum atomic E-state index is -0.427. The Morgan fingerprint density at radius 3 is 2.60 bits per heavy atom. The van der Waals surface area contributed by atoms with E-state index in [4.69, 9.17) is 23.2 Å². The number of aromatic nitrogens is 3. The highest BCUT2D eigenvalue weighted by molar-refractivity contribution is 7.99. The lowest BCUT2D eigenvalue weighted by molar-refractivity contribution is -0.113. The summed E-state index contributed by atoms with van der Waals surface area (Å²) in [6.45, 7) is 10.1. The molecule has 0 fully saturated rings. The van der Waals surface area contributed by atoms with Crippen molar-refractivity contribution < 1.29 is 9.59 Å². The summed E-state index contributed by atoms with van der Waals surface area (Å²) in [7, 11) is 0. The van der Waals surface area contributed by atoms with E-state index in [0.29, 0.717) is 38.8 Å². The number of anilines is 1. The topological polar surface area (TPSA) is 88.9 Å². The van der Waals surface area contributed by atoms with Crippen molar-refractivity contribution in [1.29, 1.82) is 0 Å². The number of nitrogens with one attached hydrogen (secondary N) is 2. The van der Waals surface area contributed by atoms with Crippen molar-refractivity contribution in [2.45, 2.75) is 38.5 Å². The van der Waals surface area contributed by atoms with Crippen LogP contribution < -0.4 is 10.6 Å². The van der Waals surface area contributed by atoms with E-state index in [0.717, 1.165) is 5.56 Å². The number of carbonyl (C=O) groups is 2. The first-order valence-electron chi connectivity index (χ1n) is 11.0. The van der Waals surface area contributed by atoms with Gasteiger partial charge in [0.2, 0.25) is 5.91 Å². The number of benzene rings is 2. The van der Waals surface area contributed by atoms with Crippen molar-refractivity contribution in [1.82, 2.24) is 20.1 Å². The van der Waals surface area contributed by atoms with Crippen LogP contribution in [0, 0.1) is 12.8 Å². The average molecular weight is 532 g/mol. The zero-order chi connectivity index (χ0) is 25.5. The SMILES string of the molecule is C=CCn1c(SCC(=O)Nc2cc(Cl)ccc2C)nnc1[C@H](NC(=O)c1ccccc1Cl)C(C)C. The van der Waals surface area contributed by atoms with Crippen LogP contribution in [-0.4, -0.2) is 32.3 Å². The van der Waals surface area contributed by atoms with E-state index in [1.54, 1.807) is 42.5 Å². The van der Waals surface area contributed by atoms with Gasteiger partial charge in [-0.05, 0) is 42.7 Å². The summed E-state index contributed by atoms with van der Waals surface area (Å²) in [6.07, 6.45) is 1.72. The average Bonchev–Trinajstić information content (AvgIpc) is 3.20. The van der Waals surface area contributed by atoms with Crippen LogP contribution in [-0.2, 0) is 11.3 Å².